The summed E-state index contributed by atoms with van der Waals surface area (Å²) in [5.41, 5.74) is 6.76. The minimum Gasteiger partial charge on any atom is -0.352 e. The van der Waals surface area contributed by atoms with Crippen LogP contribution in [0.5, 0.6) is 0 Å². The minimum atomic E-state index is -0.911. The second-order valence-electron chi connectivity index (χ2n) is 9.25. The zero-order chi connectivity index (χ0) is 27.8. The van der Waals surface area contributed by atoms with Gasteiger partial charge < -0.3 is 26.6 Å². The zero-order valence-electron chi connectivity index (χ0n) is 21.3. The molecule has 11 nitrogen and oxygen atoms in total. The van der Waals surface area contributed by atoms with Crippen molar-refractivity contribution in [3.63, 3.8) is 0 Å². The van der Waals surface area contributed by atoms with Gasteiger partial charge in [-0.3, -0.25) is 24.5 Å². The molecule has 4 atom stereocenters. The van der Waals surface area contributed by atoms with E-state index in [1.165, 1.54) is 24.3 Å². The number of hydrogen-bond acceptors (Lipinski definition) is 7. The van der Waals surface area contributed by atoms with Gasteiger partial charge in [0.15, 0.2) is 0 Å². The van der Waals surface area contributed by atoms with Crippen molar-refractivity contribution >= 4 is 46.3 Å². The van der Waals surface area contributed by atoms with E-state index >= 15 is 0 Å². The van der Waals surface area contributed by atoms with Gasteiger partial charge in [0.2, 0.25) is 17.7 Å². The first-order valence-corrected chi connectivity index (χ1v) is 12.7. The van der Waals surface area contributed by atoms with E-state index in [4.69, 9.17) is 18.0 Å². The molecule has 1 fully saturated rings. The molecule has 3 amide bonds. The van der Waals surface area contributed by atoms with Crippen LogP contribution in [0.2, 0.25) is 0 Å². The fourth-order valence-corrected chi connectivity index (χ4v) is 4.46. The molecule has 0 aromatic heterocycles. The molecule has 1 heterocycles. The lowest BCUT2D eigenvalue weighted by Gasteiger charge is -2.31. The summed E-state index contributed by atoms with van der Waals surface area (Å²) in [6, 6.07) is 12.0. The van der Waals surface area contributed by atoms with E-state index < -0.39 is 35.0 Å². The molecule has 0 aliphatic carbocycles. The van der Waals surface area contributed by atoms with Crippen molar-refractivity contribution in [2.45, 2.75) is 57.3 Å². The van der Waals surface area contributed by atoms with Gasteiger partial charge in [-0.1, -0.05) is 42.5 Å². The van der Waals surface area contributed by atoms with Crippen molar-refractivity contribution in [2.24, 2.45) is 5.73 Å². The number of carbonyl (C=O) groups excluding carboxylic acids is 3. The molecule has 0 saturated carbocycles. The third-order valence-corrected chi connectivity index (χ3v) is 6.83. The Labute approximate surface area is 226 Å². The Balaban J connectivity index is 1.73. The van der Waals surface area contributed by atoms with E-state index in [1.807, 2.05) is 30.3 Å². The lowest BCUT2D eigenvalue weighted by Crippen LogP contribution is -2.55. The number of hydrogen-bond donors (Lipinski definition) is 4. The molecular weight excluding hydrogens is 508 g/mol. The van der Waals surface area contributed by atoms with Gasteiger partial charge >= 0.3 is 0 Å². The highest BCUT2D eigenvalue weighted by atomic mass is 32.1. The Morgan fingerprint density at radius 3 is 2.34 bits per heavy atom. The summed E-state index contributed by atoms with van der Waals surface area (Å²) in [6.45, 7) is 3.87. The van der Waals surface area contributed by atoms with Gasteiger partial charge in [0, 0.05) is 30.8 Å². The van der Waals surface area contributed by atoms with Gasteiger partial charge in [-0.15, -0.1) is 0 Å². The number of nitro groups is 1. The van der Waals surface area contributed by atoms with Crippen molar-refractivity contribution in [2.75, 3.05) is 11.9 Å². The molecule has 1 aliphatic rings. The number of non-ortho nitro benzene ring substituents is 1. The number of nitrogens with one attached hydrogen (secondary N) is 3. The molecule has 0 spiro atoms. The first kappa shape index (κ1) is 28.7. The van der Waals surface area contributed by atoms with E-state index in [-0.39, 0.29) is 23.9 Å². The fraction of sp³-hybridized carbons (Fsp3) is 0.385. The lowest BCUT2D eigenvalue weighted by molar-refractivity contribution is -0.384. The highest BCUT2D eigenvalue weighted by Crippen LogP contribution is 2.21. The SMILES string of the molecule is C[C@H](N)C(=O)N[C@@H](C)C(=S)N1CCC[C@H]1C(=O)N[C@@H](Cc1ccccc1)C(=O)Nc1ccc([N+](=O)[O-])cc1. The van der Waals surface area contributed by atoms with Crippen molar-refractivity contribution < 1.29 is 19.3 Å². The number of rotatable bonds is 10. The average Bonchev–Trinajstić information content (AvgIpc) is 3.38. The van der Waals surface area contributed by atoms with Gasteiger partial charge in [-0.05, 0) is 44.4 Å². The van der Waals surface area contributed by atoms with E-state index in [9.17, 15) is 24.5 Å². The van der Waals surface area contributed by atoms with Crippen LogP contribution >= 0.6 is 12.2 Å². The smallest absolute Gasteiger partial charge is 0.269 e. The van der Waals surface area contributed by atoms with Crippen molar-refractivity contribution in [3.05, 3.63) is 70.3 Å². The molecular formula is C26H32N6O5S. The van der Waals surface area contributed by atoms with Crippen molar-refractivity contribution in [1.82, 2.24) is 15.5 Å². The van der Waals surface area contributed by atoms with Crippen molar-refractivity contribution in [1.29, 1.82) is 0 Å². The summed E-state index contributed by atoms with van der Waals surface area (Å²) >= 11 is 5.59. The number of nitrogens with zero attached hydrogens (tertiary/aromatic N) is 2. The standard InChI is InChI=1S/C26H32N6O5S/c1-16(27)23(33)28-17(2)26(38)31-14-6-9-22(31)25(35)30-21(15-18-7-4-3-5-8-18)24(34)29-19-10-12-20(13-11-19)32(36)37/h3-5,7-8,10-13,16-17,21-22H,6,9,14-15,27H2,1-2H3,(H,28,33)(H,29,34)(H,30,35)/t16-,17-,21-,22-/m0/s1. The third-order valence-electron chi connectivity index (χ3n) is 6.24. The molecule has 2 aromatic carbocycles. The monoisotopic (exact) mass is 540 g/mol. The maximum Gasteiger partial charge on any atom is 0.269 e. The lowest BCUT2D eigenvalue weighted by atomic mass is 10.0. The highest BCUT2D eigenvalue weighted by molar-refractivity contribution is 7.80. The van der Waals surface area contributed by atoms with Gasteiger partial charge in [-0.25, -0.2) is 0 Å². The highest BCUT2D eigenvalue weighted by Gasteiger charge is 2.36. The van der Waals surface area contributed by atoms with E-state index in [0.29, 0.717) is 23.6 Å². The quantitative estimate of drug-likeness (QED) is 0.202. The van der Waals surface area contributed by atoms with Crippen LogP contribution in [0.15, 0.2) is 54.6 Å². The Morgan fingerprint density at radius 1 is 1.08 bits per heavy atom. The average molecular weight is 541 g/mol. The van der Waals surface area contributed by atoms with Crippen LogP contribution in [-0.2, 0) is 20.8 Å². The summed E-state index contributed by atoms with van der Waals surface area (Å²) in [5.74, 6) is -1.15. The molecule has 202 valence electrons. The molecule has 0 bridgehead atoms. The fourth-order valence-electron chi connectivity index (χ4n) is 4.18. The molecule has 38 heavy (non-hydrogen) atoms. The van der Waals surface area contributed by atoms with Crippen LogP contribution in [0, 0.1) is 10.1 Å². The summed E-state index contributed by atoms with van der Waals surface area (Å²) in [6.07, 6.45) is 1.51. The molecule has 0 unspecified atom stereocenters. The van der Waals surface area contributed by atoms with E-state index in [2.05, 4.69) is 16.0 Å². The van der Waals surface area contributed by atoms with Crippen LogP contribution in [0.3, 0.4) is 0 Å². The first-order chi connectivity index (χ1) is 18.1. The second-order valence-corrected chi connectivity index (χ2v) is 9.67. The zero-order valence-corrected chi connectivity index (χ0v) is 22.1. The molecule has 0 radical (unpaired) electrons. The Morgan fingerprint density at radius 2 is 1.74 bits per heavy atom. The number of nitro benzene ring substituents is 1. The van der Waals surface area contributed by atoms with E-state index in [0.717, 1.165) is 12.0 Å². The molecule has 1 saturated heterocycles. The van der Waals surface area contributed by atoms with Crippen LogP contribution in [0.1, 0.15) is 32.3 Å². The number of carbonyl (C=O) groups is 3. The number of benzene rings is 2. The predicted molar refractivity (Wildman–Crippen MR) is 147 cm³/mol. The number of amides is 3. The van der Waals surface area contributed by atoms with Crippen LogP contribution in [0.4, 0.5) is 11.4 Å². The Hall–Kier alpha value is -3.90. The maximum atomic E-state index is 13.4. The summed E-state index contributed by atoms with van der Waals surface area (Å²) < 4.78 is 0. The van der Waals surface area contributed by atoms with Gasteiger partial charge in [0.05, 0.1) is 17.0 Å². The summed E-state index contributed by atoms with van der Waals surface area (Å²) in [5, 5.41) is 19.3. The van der Waals surface area contributed by atoms with E-state index in [1.54, 1.807) is 18.7 Å². The molecule has 2 aromatic rings. The van der Waals surface area contributed by atoms with Crippen molar-refractivity contribution in [3.8, 4) is 0 Å². The minimum absolute atomic E-state index is 0.0965. The summed E-state index contributed by atoms with van der Waals surface area (Å²) in [4.78, 5) is 51.3. The van der Waals surface area contributed by atoms with Crippen LogP contribution < -0.4 is 21.7 Å². The number of likely N-dealkylation sites (tertiary alicyclic amines) is 1. The Bertz CT molecular complexity index is 1170. The number of thiocarbonyl (C=S) groups is 1. The number of anilines is 1. The topological polar surface area (TPSA) is 160 Å². The molecule has 5 N–H and O–H groups in total. The maximum absolute atomic E-state index is 13.4. The van der Waals surface area contributed by atoms with Crippen LogP contribution in [-0.4, -0.2) is 63.2 Å². The molecule has 1 aliphatic heterocycles. The summed E-state index contributed by atoms with van der Waals surface area (Å²) in [7, 11) is 0. The molecule has 3 rings (SSSR count). The predicted octanol–water partition coefficient (Wildman–Crippen LogP) is 1.90. The Kier molecular flexibility index (Phi) is 9.85. The van der Waals surface area contributed by atoms with Gasteiger partial charge in [0.25, 0.3) is 5.69 Å². The first-order valence-electron chi connectivity index (χ1n) is 12.3. The van der Waals surface area contributed by atoms with Gasteiger partial charge in [0.1, 0.15) is 17.1 Å². The van der Waals surface area contributed by atoms with Gasteiger partial charge in [-0.2, -0.15) is 0 Å². The second kappa shape index (κ2) is 13.1. The van der Waals surface area contributed by atoms with Crippen LogP contribution in [0.25, 0.3) is 0 Å². The normalized spacial score (nSPS) is 17.1. The molecule has 12 heteroatoms. The number of nitrogens with two attached hydrogens (primary N) is 1. The third kappa shape index (κ3) is 7.56. The largest absolute Gasteiger partial charge is 0.352 e.